The second kappa shape index (κ2) is 26.7. The molecule has 1 unspecified atom stereocenters. The van der Waals surface area contributed by atoms with E-state index >= 15 is 0 Å². The summed E-state index contributed by atoms with van der Waals surface area (Å²) in [5.74, 6) is 2.61. The molecule has 0 heterocycles. The molecule has 2 rings (SSSR count). The summed E-state index contributed by atoms with van der Waals surface area (Å²) in [5, 5.41) is 8.83. The van der Waals surface area contributed by atoms with Gasteiger partial charge in [0.1, 0.15) is 0 Å². The zero-order chi connectivity index (χ0) is 45.9. The third kappa shape index (κ3) is 27.1. The van der Waals surface area contributed by atoms with Gasteiger partial charge < -0.3 is 5.11 Å². The monoisotopic (exact) mass is 803 g/mol. The van der Waals surface area contributed by atoms with Gasteiger partial charge in [-0.25, -0.2) is 0 Å². The minimum atomic E-state index is 0.303. The van der Waals surface area contributed by atoms with Crippen molar-refractivity contribution in [1.82, 2.24) is 0 Å². The number of hydrogen-bond acceptors (Lipinski definition) is 1. The first kappa shape index (κ1) is 60.7. The lowest BCUT2D eigenvalue weighted by Crippen LogP contribution is -2.29. The van der Waals surface area contributed by atoms with Crippen molar-refractivity contribution in [3.8, 4) is 0 Å². The molecule has 1 atom stereocenters. The number of rotatable bonds is 8. The Hall–Kier alpha value is -0.560. The van der Waals surface area contributed by atoms with Gasteiger partial charge >= 0.3 is 0 Å². The minimum Gasteiger partial charge on any atom is -0.396 e. The summed E-state index contributed by atoms with van der Waals surface area (Å²) in [7, 11) is 0. The molecule has 1 heteroatoms. The van der Waals surface area contributed by atoms with E-state index in [1.807, 2.05) is 0 Å². The molecule has 1 N–H and O–H groups in total. The van der Waals surface area contributed by atoms with Crippen LogP contribution >= 0.6 is 0 Å². The summed E-state index contributed by atoms with van der Waals surface area (Å²) in [6.45, 7) is 60.4. The van der Waals surface area contributed by atoms with E-state index in [1.54, 1.807) is 16.7 Å². The first-order chi connectivity index (χ1) is 25.5. The summed E-state index contributed by atoms with van der Waals surface area (Å²) in [6.07, 6.45) is 20.3. The number of allylic oxidation sites excluding steroid dienone is 4. The van der Waals surface area contributed by atoms with Crippen LogP contribution in [-0.2, 0) is 0 Å². The Balaban J connectivity index is -0.000000641. The van der Waals surface area contributed by atoms with Crippen LogP contribution in [0.4, 0.5) is 0 Å². The summed E-state index contributed by atoms with van der Waals surface area (Å²) in [5.41, 5.74) is 9.23. The van der Waals surface area contributed by atoms with Crippen LogP contribution in [-0.4, -0.2) is 11.7 Å². The first-order valence-corrected chi connectivity index (χ1v) is 24.5. The lowest BCUT2D eigenvalue weighted by molar-refractivity contribution is 0.164. The van der Waals surface area contributed by atoms with Gasteiger partial charge in [-0.3, -0.25) is 0 Å². The molecule has 0 bridgehead atoms. The van der Waals surface area contributed by atoms with Gasteiger partial charge in [0.15, 0.2) is 0 Å². The number of aliphatic hydroxyl groups excluding tert-OH is 1. The van der Waals surface area contributed by atoms with Crippen LogP contribution in [0.15, 0.2) is 22.3 Å². The molecule has 2 aliphatic carbocycles. The van der Waals surface area contributed by atoms with E-state index in [1.165, 1.54) is 95.5 Å². The van der Waals surface area contributed by atoms with Crippen LogP contribution < -0.4 is 0 Å². The standard InChI is InChI=1S/C13H24.C12H24.C11H24.C10H22O.C10H20/c1-10-8-7-9-13(5,6)11(10)12(2,3)4;1-9(2)10(11(3,4)5)12(6,7)8;1-6-8-10(9-7-2)11(3,4)5;1-5-6-9(7-8-11)10(2,3)4;1-10(2,3)9-7-5-4-6-8-9/h7-9H2,1-6H3;1-8H3;10H,6-9H2,1-5H3;9,11H,5-8H2,1-4H3;9H,4-8H2,1-3H3. The molecule has 0 aromatic heterocycles. The smallest absolute Gasteiger partial charge is 0.0433 e. The van der Waals surface area contributed by atoms with E-state index in [0.717, 1.165) is 18.3 Å². The molecule has 0 aromatic rings. The van der Waals surface area contributed by atoms with Crippen molar-refractivity contribution in [3.05, 3.63) is 22.3 Å². The summed E-state index contributed by atoms with van der Waals surface area (Å²) >= 11 is 0. The lowest BCUT2D eigenvalue weighted by atomic mass is 9.64. The zero-order valence-electron chi connectivity index (χ0n) is 45.0. The summed E-state index contributed by atoms with van der Waals surface area (Å²) < 4.78 is 0. The third-order valence-electron chi connectivity index (χ3n) is 12.9. The topological polar surface area (TPSA) is 20.2 Å². The van der Waals surface area contributed by atoms with Crippen molar-refractivity contribution in [2.45, 2.75) is 276 Å². The SMILES string of the molecule is CC(C)(C)C1CCCCC1.CC(C)=C(C(C)(C)C)C(C)(C)C.CC1=C(C(C)(C)C)C(C)(C)CCC1.CCCC(CCC)C(C)(C)C.CCCC(CCO)C(C)(C)C. The predicted molar refractivity (Wildman–Crippen MR) is 265 cm³/mol. The Bertz CT molecular complexity index is 1020. The van der Waals surface area contributed by atoms with Gasteiger partial charge in [-0.05, 0) is 115 Å². The largest absolute Gasteiger partial charge is 0.396 e. The molecule has 0 saturated heterocycles. The molecule has 0 aliphatic heterocycles. The molecule has 344 valence electrons. The van der Waals surface area contributed by atoms with E-state index in [4.69, 9.17) is 5.11 Å². The molecule has 1 fully saturated rings. The quantitative estimate of drug-likeness (QED) is 0.242. The Labute approximate surface area is 364 Å². The van der Waals surface area contributed by atoms with Gasteiger partial charge in [-0.1, -0.05) is 239 Å². The third-order valence-corrected chi connectivity index (χ3v) is 12.9. The highest BCUT2D eigenvalue weighted by Crippen LogP contribution is 2.48. The van der Waals surface area contributed by atoms with E-state index in [0.29, 0.717) is 50.4 Å². The van der Waals surface area contributed by atoms with Crippen LogP contribution in [0.5, 0.6) is 0 Å². The fourth-order valence-electron chi connectivity index (χ4n) is 11.1. The Morgan fingerprint density at radius 1 is 0.596 bits per heavy atom. The molecule has 1 saturated carbocycles. The minimum absolute atomic E-state index is 0.303. The Morgan fingerprint density at radius 2 is 0.965 bits per heavy atom. The summed E-state index contributed by atoms with van der Waals surface area (Å²) in [4.78, 5) is 0. The van der Waals surface area contributed by atoms with E-state index in [9.17, 15) is 0 Å². The predicted octanol–water partition coefficient (Wildman–Crippen LogP) is 19.7. The average molecular weight is 804 g/mol. The molecule has 0 amide bonds. The number of aliphatic hydroxyl groups is 1. The summed E-state index contributed by atoms with van der Waals surface area (Å²) in [6, 6.07) is 0. The molecular weight excluding hydrogens is 689 g/mol. The molecule has 0 radical (unpaired) electrons. The van der Waals surface area contributed by atoms with E-state index < -0.39 is 0 Å². The van der Waals surface area contributed by atoms with E-state index in [-0.39, 0.29) is 0 Å². The normalized spacial score (nSPS) is 17.5. The van der Waals surface area contributed by atoms with Crippen molar-refractivity contribution in [2.75, 3.05) is 6.61 Å². The Morgan fingerprint density at radius 3 is 1.16 bits per heavy atom. The van der Waals surface area contributed by atoms with Gasteiger partial charge in [0.05, 0.1) is 0 Å². The molecule has 0 aromatic carbocycles. The van der Waals surface area contributed by atoms with Crippen molar-refractivity contribution in [3.63, 3.8) is 0 Å². The zero-order valence-corrected chi connectivity index (χ0v) is 45.0. The molecule has 0 spiro atoms. The van der Waals surface area contributed by atoms with E-state index in [2.05, 4.69) is 180 Å². The van der Waals surface area contributed by atoms with Crippen LogP contribution in [0, 0.1) is 55.7 Å². The van der Waals surface area contributed by atoms with Crippen molar-refractivity contribution in [2.24, 2.45) is 55.7 Å². The lowest BCUT2D eigenvalue weighted by Gasteiger charge is -2.42. The van der Waals surface area contributed by atoms with Crippen LogP contribution in [0.3, 0.4) is 0 Å². The maximum absolute atomic E-state index is 8.83. The van der Waals surface area contributed by atoms with Crippen LogP contribution in [0.1, 0.15) is 276 Å². The van der Waals surface area contributed by atoms with Gasteiger partial charge in [0.2, 0.25) is 0 Å². The van der Waals surface area contributed by atoms with Gasteiger partial charge in [-0.2, -0.15) is 0 Å². The van der Waals surface area contributed by atoms with Gasteiger partial charge in [-0.15, -0.1) is 0 Å². The molecule has 2 aliphatic rings. The molecular formula is C56H114O. The van der Waals surface area contributed by atoms with Crippen molar-refractivity contribution < 1.29 is 5.11 Å². The maximum atomic E-state index is 8.83. The highest BCUT2D eigenvalue weighted by atomic mass is 16.3. The molecule has 1 nitrogen and oxygen atoms in total. The highest BCUT2D eigenvalue weighted by molar-refractivity contribution is 5.27. The highest BCUT2D eigenvalue weighted by Gasteiger charge is 2.35. The fourth-order valence-corrected chi connectivity index (χ4v) is 11.1. The van der Waals surface area contributed by atoms with Gasteiger partial charge in [0.25, 0.3) is 0 Å². The van der Waals surface area contributed by atoms with Gasteiger partial charge in [0, 0.05) is 6.61 Å². The second-order valence-electron chi connectivity index (χ2n) is 25.7. The first-order valence-electron chi connectivity index (χ1n) is 24.5. The fraction of sp³-hybridized carbons (Fsp3) is 0.929. The van der Waals surface area contributed by atoms with Crippen LogP contribution in [0.25, 0.3) is 0 Å². The second-order valence-corrected chi connectivity index (χ2v) is 25.7. The molecule has 57 heavy (non-hydrogen) atoms. The Kier molecular flexibility index (Phi) is 28.5. The number of hydrogen-bond donors (Lipinski definition) is 1. The van der Waals surface area contributed by atoms with Crippen molar-refractivity contribution in [1.29, 1.82) is 0 Å². The average Bonchev–Trinajstić information content (AvgIpc) is 2.98. The maximum Gasteiger partial charge on any atom is 0.0433 e. The van der Waals surface area contributed by atoms with Crippen LogP contribution in [0.2, 0.25) is 0 Å². The van der Waals surface area contributed by atoms with Crippen molar-refractivity contribution >= 4 is 0 Å².